The lowest BCUT2D eigenvalue weighted by Crippen LogP contribution is -2.31. The molecule has 140 valence electrons. The van der Waals surface area contributed by atoms with Crippen molar-refractivity contribution >= 4 is 11.8 Å². The first-order valence-electron chi connectivity index (χ1n) is 9.13. The normalized spacial score (nSPS) is 14.1. The van der Waals surface area contributed by atoms with Gasteiger partial charge in [0, 0.05) is 56.3 Å². The summed E-state index contributed by atoms with van der Waals surface area (Å²) in [6, 6.07) is 12.6. The monoisotopic (exact) mass is 380 g/mol. The molecule has 3 aromatic rings. The highest BCUT2D eigenvalue weighted by Crippen LogP contribution is 2.21. The topological polar surface area (TPSA) is 43.2 Å². The zero-order chi connectivity index (χ0) is 18.6. The molecule has 0 fully saturated rings. The number of hydrogen-bond acceptors (Lipinski definition) is 5. The summed E-state index contributed by atoms with van der Waals surface area (Å²) in [5, 5.41) is 0.871. The van der Waals surface area contributed by atoms with Gasteiger partial charge >= 0.3 is 0 Å². The van der Waals surface area contributed by atoms with Gasteiger partial charge in [0.1, 0.15) is 5.75 Å². The fourth-order valence-corrected chi connectivity index (χ4v) is 3.85. The van der Waals surface area contributed by atoms with Gasteiger partial charge in [0.25, 0.3) is 0 Å². The quantitative estimate of drug-likeness (QED) is 0.483. The van der Waals surface area contributed by atoms with Crippen molar-refractivity contribution < 1.29 is 4.74 Å². The minimum absolute atomic E-state index is 0.871. The predicted octanol–water partition coefficient (Wildman–Crippen LogP) is 3.62. The van der Waals surface area contributed by atoms with E-state index >= 15 is 0 Å². The average Bonchev–Trinajstić information content (AvgIpc) is 3.14. The number of benzene rings is 1. The third-order valence-electron chi connectivity index (χ3n) is 4.99. The standard InChI is InChI=1S/C21H24N4OS/c1-26-19-7-5-16(6-8-19)13-25-10-3-4-18(25)15-24-11-9-20-17(14-24)12-22-21(23-20)27-2/h3-8,10,12H,9,11,13-15H2,1-2H3. The SMILES string of the molecule is COc1ccc(Cn2cccc2CN2CCc3nc(SC)ncc3C2)cc1. The second-order valence-electron chi connectivity index (χ2n) is 6.76. The molecule has 4 rings (SSSR count). The van der Waals surface area contributed by atoms with Gasteiger partial charge < -0.3 is 9.30 Å². The highest BCUT2D eigenvalue weighted by atomic mass is 32.2. The maximum Gasteiger partial charge on any atom is 0.187 e. The molecule has 1 aliphatic rings. The number of thioether (sulfide) groups is 1. The van der Waals surface area contributed by atoms with Gasteiger partial charge in [0.15, 0.2) is 5.16 Å². The lowest BCUT2D eigenvalue weighted by Gasteiger charge is -2.28. The first-order valence-corrected chi connectivity index (χ1v) is 10.4. The molecule has 0 atom stereocenters. The summed E-state index contributed by atoms with van der Waals surface area (Å²) in [4.78, 5) is 11.6. The lowest BCUT2D eigenvalue weighted by molar-refractivity contribution is 0.236. The molecule has 0 radical (unpaired) electrons. The molecule has 2 aromatic heterocycles. The van der Waals surface area contributed by atoms with Crippen LogP contribution in [0.1, 0.15) is 22.5 Å². The van der Waals surface area contributed by atoms with Crippen molar-refractivity contribution in [3.8, 4) is 5.75 Å². The van der Waals surface area contributed by atoms with Gasteiger partial charge in [-0.1, -0.05) is 23.9 Å². The van der Waals surface area contributed by atoms with Crippen molar-refractivity contribution in [1.82, 2.24) is 19.4 Å². The summed E-state index contributed by atoms with van der Waals surface area (Å²) in [5.74, 6) is 0.894. The lowest BCUT2D eigenvalue weighted by atomic mass is 10.1. The van der Waals surface area contributed by atoms with Gasteiger partial charge in [0.2, 0.25) is 0 Å². The number of aromatic nitrogens is 3. The molecule has 0 N–H and O–H groups in total. The first kappa shape index (κ1) is 18.1. The van der Waals surface area contributed by atoms with Crippen LogP contribution in [0.25, 0.3) is 0 Å². The largest absolute Gasteiger partial charge is 0.497 e. The van der Waals surface area contributed by atoms with Crippen LogP contribution < -0.4 is 4.74 Å². The van der Waals surface area contributed by atoms with Gasteiger partial charge in [0.05, 0.1) is 12.8 Å². The second-order valence-corrected chi connectivity index (χ2v) is 7.54. The summed E-state index contributed by atoms with van der Waals surface area (Å²) in [6.45, 7) is 3.76. The van der Waals surface area contributed by atoms with Crippen molar-refractivity contribution in [2.24, 2.45) is 0 Å². The molecule has 1 aromatic carbocycles. The van der Waals surface area contributed by atoms with Crippen molar-refractivity contribution in [2.45, 2.75) is 31.2 Å². The third kappa shape index (κ3) is 4.17. The smallest absolute Gasteiger partial charge is 0.187 e. The summed E-state index contributed by atoms with van der Waals surface area (Å²) in [6.07, 6.45) is 7.17. The zero-order valence-electron chi connectivity index (χ0n) is 15.8. The van der Waals surface area contributed by atoms with Crippen molar-refractivity contribution in [1.29, 1.82) is 0 Å². The zero-order valence-corrected chi connectivity index (χ0v) is 16.6. The molecule has 1 aliphatic heterocycles. The summed E-state index contributed by atoms with van der Waals surface area (Å²) < 4.78 is 7.57. The Morgan fingerprint density at radius 2 is 2.00 bits per heavy atom. The van der Waals surface area contributed by atoms with Crippen molar-refractivity contribution in [3.05, 3.63) is 71.3 Å². The first-order chi connectivity index (χ1) is 13.2. The fraction of sp³-hybridized carbons (Fsp3) is 0.333. The van der Waals surface area contributed by atoms with Crippen LogP contribution in [-0.2, 0) is 26.1 Å². The van der Waals surface area contributed by atoms with Gasteiger partial charge in [-0.25, -0.2) is 9.97 Å². The van der Waals surface area contributed by atoms with Gasteiger partial charge in [-0.05, 0) is 36.1 Å². The number of fused-ring (bicyclic) bond motifs is 1. The summed E-state index contributed by atoms with van der Waals surface area (Å²) in [7, 11) is 1.70. The Morgan fingerprint density at radius 1 is 1.15 bits per heavy atom. The maximum absolute atomic E-state index is 5.25. The maximum atomic E-state index is 5.25. The molecule has 0 saturated carbocycles. The third-order valence-corrected chi connectivity index (χ3v) is 5.56. The molecule has 5 nitrogen and oxygen atoms in total. The van der Waals surface area contributed by atoms with Crippen LogP contribution >= 0.6 is 11.8 Å². The Balaban J connectivity index is 1.43. The predicted molar refractivity (Wildman–Crippen MR) is 108 cm³/mol. The van der Waals surface area contributed by atoms with E-state index in [0.717, 1.165) is 43.5 Å². The van der Waals surface area contributed by atoms with E-state index in [0.29, 0.717) is 0 Å². The van der Waals surface area contributed by atoms with Crippen LogP contribution in [0.4, 0.5) is 0 Å². The van der Waals surface area contributed by atoms with E-state index in [9.17, 15) is 0 Å². The minimum Gasteiger partial charge on any atom is -0.497 e. The van der Waals surface area contributed by atoms with E-state index in [1.165, 1.54) is 22.5 Å². The van der Waals surface area contributed by atoms with E-state index in [1.54, 1.807) is 18.9 Å². The molecule has 27 heavy (non-hydrogen) atoms. The Bertz CT molecular complexity index is 907. The van der Waals surface area contributed by atoms with Crippen LogP contribution in [0.3, 0.4) is 0 Å². The molecule has 6 heteroatoms. The Hall–Kier alpha value is -2.31. The Morgan fingerprint density at radius 3 is 2.78 bits per heavy atom. The molecule has 0 aliphatic carbocycles. The van der Waals surface area contributed by atoms with E-state index in [-0.39, 0.29) is 0 Å². The second kappa shape index (κ2) is 8.15. The fourth-order valence-electron chi connectivity index (χ4n) is 3.49. The molecule has 3 heterocycles. The number of rotatable bonds is 6. The van der Waals surface area contributed by atoms with Crippen LogP contribution in [0.2, 0.25) is 0 Å². The van der Waals surface area contributed by atoms with Crippen molar-refractivity contribution in [3.63, 3.8) is 0 Å². The molecule has 0 unspecified atom stereocenters. The number of hydrogen-bond donors (Lipinski definition) is 0. The van der Waals surface area contributed by atoms with E-state index < -0.39 is 0 Å². The van der Waals surface area contributed by atoms with E-state index in [2.05, 4.69) is 49.9 Å². The molecular formula is C21H24N4OS. The van der Waals surface area contributed by atoms with Crippen LogP contribution in [0.5, 0.6) is 5.75 Å². The molecule has 0 bridgehead atoms. The van der Waals surface area contributed by atoms with E-state index in [1.807, 2.05) is 24.6 Å². The molecule has 0 saturated heterocycles. The Kier molecular flexibility index (Phi) is 5.45. The number of methoxy groups -OCH3 is 1. The summed E-state index contributed by atoms with van der Waals surface area (Å²) >= 11 is 1.60. The minimum atomic E-state index is 0.871. The molecular weight excluding hydrogens is 356 g/mol. The number of ether oxygens (including phenoxy) is 1. The highest BCUT2D eigenvalue weighted by Gasteiger charge is 2.19. The van der Waals surface area contributed by atoms with Gasteiger partial charge in [-0.15, -0.1) is 0 Å². The van der Waals surface area contributed by atoms with E-state index in [4.69, 9.17) is 4.74 Å². The highest BCUT2D eigenvalue weighted by molar-refractivity contribution is 7.98. The molecule has 0 amide bonds. The van der Waals surface area contributed by atoms with Gasteiger partial charge in [-0.2, -0.15) is 0 Å². The average molecular weight is 381 g/mol. The van der Waals surface area contributed by atoms with Crippen LogP contribution in [0.15, 0.2) is 53.9 Å². The number of nitrogens with zero attached hydrogens (tertiary/aromatic N) is 4. The van der Waals surface area contributed by atoms with Crippen molar-refractivity contribution in [2.75, 3.05) is 19.9 Å². The molecule has 0 spiro atoms. The Labute approximate surface area is 164 Å². The van der Waals surface area contributed by atoms with Gasteiger partial charge in [-0.3, -0.25) is 4.90 Å². The van der Waals surface area contributed by atoms with Crippen LogP contribution in [-0.4, -0.2) is 39.3 Å². The van der Waals surface area contributed by atoms with Crippen LogP contribution in [0, 0.1) is 0 Å². The summed E-state index contributed by atoms with van der Waals surface area (Å²) in [5.41, 5.74) is 5.07.